The first-order valence-electron chi connectivity index (χ1n) is 28.3. The van der Waals surface area contributed by atoms with Crippen molar-refractivity contribution in [3.8, 4) is 0 Å². The molecule has 4 aliphatic carbocycles. The smallest absolute Gasteiger partial charge is 0.159 e. The summed E-state index contributed by atoms with van der Waals surface area (Å²) >= 11 is 0. The zero-order chi connectivity index (χ0) is 51.1. The van der Waals surface area contributed by atoms with Gasteiger partial charge in [-0.1, -0.05) is 179 Å². The zero-order valence-electron chi connectivity index (χ0n) is 46.4. The van der Waals surface area contributed by atoms with Gasteiger partial charge in [0, 0.05) is 55.9 Å². The van der Waals surface area contributed by atoms with E-state index in [1.54, 1.807) is 11.1 Å². The Morgan fingerprint density at radius 2 is 1.14 bits per heavy atom. The van der Waals surface area contributed by atoms with Gasteiger partial charge in [0.2, 0.25) is 0 Å². The maximum atomic E-state index is 6.98. The van der Waals surface area contributed by atoms with Crippen molar-refractivity contribution >= 4 is 56.1 Å². The van der Waals surface area contributed by atoms with Crippen LogP contribution in [0.1, 0.15) is 189 Å². The highest BCUT2D eigenvalue weighted by molar-refractivity contribution is 6.10. The van der Waals surface area contributed by atoms with Gasteiger partial charge in [0.15, 0.2) is 5.58 Å². The third kappa shape index (κ3) is 8.91. The van der Waals surface area contributed by atoms with Crippen LogP contribution in [0.2, 0.25) is 0 Å². The van der Waals surface area contributed by atoms with Crippen molar-refractivity contribution in [1.29, 1.82) is 0 Å². The Morgan fingerprint density at radius 1 is 0.534 bits per heavy atom. The molecular weight excluding hydrogens is 887 g/mol. The molecule has 1 aromatic heterocycles. The van der Waals surface area contributed by atoms with Gasteiger partial charge in [-0.05, 0) is 165 Å². The molecule has 0 saturated heterocycles. The van der Waals surface area contributed by atoms with Gasteiger partial charge in [0.25, 0.3) is 0 Å². The van der Waals surface area contributed by atoms with E-state index in [1.165, 1.54) is 109 Å². The number of fused-ring (bicyclic) bond motifs is 5. The minimum absolute atomic E-state index is 0.0143. The van der Waals surface area contributed by atoms with Gasteiger partial charge in [-0.2, -0.15) is 0 Å². The maximum Gasteiger partial charge on any atom is 0.159 e. The molecule has 0 atom stereocenters. The molecule has 1 spiro atoms. The first-order valence-corrected chi connectivity index (χ1v) is 28.3. The molecule has 380 valence electrons. The van der Waals surface area contributed by atoms with Crippen LogP contribution in [0.5, 0.6) is 0 Å². The fourth-order valence-corrected chi connectivity index (χ4v) is 14.0. The highest BCUT2D eigenvalue weighted by Gasteiger charge is 2.57. The van der Waals surface area contributed by atoms with Crippen LogP contribution in [0.25, 0.3) is 21.9 Å². The van der Waals surface area contributed by atoms with Gasteiger partial charge in [-0.25, -0.2) is 0 Å². The van der Waals surface area contributed by atoms with E-state index in [1.807, 2.05) is 0 Å². The van der Waals surface area contributed by atoms with Crippen LogP contribution >= 0.6 is 0 Å². The number of allylic oxidation sites excluding steroid dienone is 8. The second kappa shape index (κ2) is 18.6. The van der Waals surface area contributed by atoms with Gasteiger partial charge < -0.3 is 19.1 Å². The van der Waals surface area contributed by atoms with E-state index in [4.69, 9.17) is 4.42 Å². The molecule has 5 aromatic carbocycles. The summed E-state index contributed by atoms with van der Waals surface area (Å²) in [6, 6.07) is 40.0. The normalized spacial score (nSPS) is 19.4. The Bertz CT molecular complexity index is 3120. The Labute approximate surface area is 438 Å². The van der Waals surface area contributed by atoms with Crippen LogP contribution in [0.4, 0.5) is 34.1 Å². The van der Waals surface area contributed by atoms with E-state index in [0.717, 1.165) is 64.7 Å². The van der Waals surface area contributed by atoms with Crippen molar-refractivity contribution < 1.29 is 4.42 Å². The number of nitrogens with zero attached hydrogens (tertiary/aromatic N) is 3. The molecule has 5 aliphatic rings. The average molecular weight is 970 g/mol. The molecular formula is C69H83N3O. The molecule has 73 heavy (non-hydrogen) atoms. The highest BCUT2D eigenvalue weighted by atomic mass is 16.3. The first-order chi connectivity index (χ1) is 34.8. The summed E-state index contributed by atoms with van der Waals surface area (Å²) in [4.78, 5) is 7.99. The van der Waals surface area contributed by atoms with Crippen molar-refractivity contribution in [2.45, 2.75) is 188 Å². The van der Waals surface area contributed by atoms with Gasteiger partial charge >= 0.3 is 0 Å². The largest absolute Gasteiger partial charge is 0.454 e. The fraction of sp³-hybridized carbons (Fsp3) is 0.449. The number of hydrogen-bond donors (Lipinski definition) is 0. The van der Waals surface area contributed by atoms with Crippen molar-refractivity contribution in [2.75, 3.05) is 14.7 Å². The van der Waals surface area contributed by atoms with Crippen LogP contribution in [0.15, 0.2) is 154 Å². The highest BCUT2D eigenvalue weighted by Crippen LogP contribution is 2.62. The second-order valence-electron chi connectivity index (χ2n) is 26.3. The molecule has 0 radical (unpaired) electrons. The molecule has 6 aromatic rings. The monoisotopic (exact) mass is 970 g/mol. The zero-order valence-corrected chi connectivity index (χ0v) is 46.4. The van der Waals surface area contributed by atoms with Crippen molar-refractivity contribution in [3.05, 3.63) is 167 Å². The lowest BCUT2D eigenvalue weighted by molar-refractivity contribution is 0.199. The molecule has 0 amide bonds. The number of anilines is 6. The first kappa shape index (κ1) is 49.5. The van der Waals surface area contributed by atoms with Crippen LogP contribution < -0.4 is 14.7 Å². The molecule has 0 bridgehead atoms. The average Bonchev–Trinajstić information content (AvgIpc) is 3.85. The summed E-state index contributed by atoms with van der Waals surface area (Å²) in [5.74, 6) is 0.660. The molecule has 4 nitrogen and oxygen atoms in total. The Morgan fingerprint density at radius 3 is 1.74 bits per heavy atom. The molecule has 4 heteroatoms. The lowest BCUT2D eigenvalue weighted by Crippen LogP contribution is -2.53. The summed E-state index contributed by atoms with van der Waals surface area (Å²) in [5, 5.41) is 2.27. The lowest BCUT2D eigenvalue weighted by atomic mass is 9.61. The molecule has 2 heterocycles. The van der Waals surface area contributed by atoms with E-state index >= 15 is 0 Å². The van der Waals surface area contributed by atoms with E-state index in [2.05, 4.69) is 218 Å². The second-order valence-corrected chi connectivity index (χ2v) is 26.3. The number of furan rings is 1. The minimum atomic E-state index is -0.192. The topological polar surface area (TPSA) is 22.9 Å². The molecule has 11 rings (SSSR count). The van der Waals surface area contributed by atoms with Crippen LogP contribution in [-0.2, 0) is 10.8 Å². The van der Waals surface area contributed by atoms with Crippen LogP contribution in [0, 0.1) is 10.8 Å². The summed E-state index contributed by atoms with van der Waals surface area (Å²) in [6.07, 6.45) is 26.9. The number of benzene rings is 5. The van der Waals surface area contributed by atoms with Gasteiger partial charge in [0.1, 0.15) is 5.58 Å². The van der Waals surface area contributed by atoms with Crippen molar-refractivity contribution in [3.63, 3.8) is 0 Å². The summed E-state index contributed by atoms with van der Waals surface area (Å²) in [6.45, 7) is 26.3. The van der Waals surface area contributed by atoms with Crippen LogP contribution in [0.3, 0.4) is 0 Å². The molecule has 2 saturated carbocycles. The Kier molecular flexibility index (Phi) is 12.6. The van der Waals surface area contributed by atoms with Gasteiger partial charge in [-0.15, -0.1) is 0 Å². The quantitative estimate of drug-likeness (QED) is 0.152. The Balaban J connectivity index is 1.19. The molecule has 2 fully saturated rings. The number of rotatable bonds is 8. The molecule has 0 unspecified atom stereocenters. The van der Waals surface area contributed by atoms with Crippen LogP contribution in [-0.4, -0.2) is 5.54 Å². The summed E-state index contributed by atoms with van der Waals surface area (Å²) < 4.78 is 6.98. The third-order valence-corrected chi connectivity index (χ3v) is 18.3. The van der Waals surface area contributed by atoms with Crippen molar-refractivity contribution in [1.82, 2.24) is 0 Å². The van der Waals surface area contributed by atoms with E-state index < -0.39 is 0 Å². The SMILES string of the molecule is CC(C)(C)C1=CC=C(N(C2=CC=C(C(C)(C)C)CC2)c2cc(N(c3ccc(C(C)(C)C)cc3)c3cccc4c3oc3ccccc34)cc(N3c4ccc(C5CCCCC5)cc4C4(CCCCC4)C3(C)C)c2)CC1. The predicted molar refractivity (Wildman–Crippen MR) is 313 cm³/mol. The molecule has 0 N–H and O–H groups in total. The third-order valence-electron chi connectivity index (χ3n) is 18.3. The summed E-state index contributed by atoms with van der Waals surface area (Å²) in [7, 11) is 0. The minimum Gasteiger partial charge on any atom is -0.454 e. The predicted octanol–water partition coefficient (Wildman–Crippen LogP) is 20.6. The number of para-hydroxylation sites is 2. The van der Waals surface area contributed by atoms with E-state index in [-0.39, 0.29) is 27.2 Å². The van der Waals surface area contributed by atoms with E-state index in [9.17, 15) is 0 Å². The van der Waals surface area contributed by atoms with Gasteiger partial charge in [-0.3, -0.25) is 0 Å². The molecule has 1 aliphatic heterocycles. The standard InChI is InChI=1S/C69H83N3O/c1-65(2,3)49-28-34-52(35-29-49)70(53-36-30-50(31-37-53)66(4,5)6)55-44-56(71(54-38-32-51(33-39-54)67(7,8)9)62-25-20-24-59-58-23-16-17-26-63(58)73-64(59)62)46-57(45-55)72-61-40-27-48(47-21-14-12-15-22-47)43-60(61)69(68(72,10)11)41-18-13-19-42-69/h16-17,20,23-28,30,32-34,36,38-40,43-47H,12-15,18-19,21-22,29,31,35,37,41-42H2,1-11H3. The maximum absolute atomic E-state index is 6.98. The summed E-state index contributed by atoms with van der Waals surface area (Å²) in [5.41, 5.74) is 19.3. The lowest BCUT2D eigenvalue weighted by Gasteiger charge is -2.49. The van der Waals surface area contributed by atoms with Gasteiger partial charge in [0.05, 0.1) is 11.4 Å². The fourth-order valence-electron chi connectivity index (χ4n) is 14.0. The Hall–Kier alpha value is -5.74. The number of hydrogen-bond acceptors (Lipinski definition) is 4. The van der Waals surface area contributed by atoms with Crippen molar-refractivity contribution in [2.24, 2.45) is 10.8 Å². The van der Waals surface area contributed by atoms with E-state index in [0.29, 0.717) is 5.92 Å².